The molecular formula is C12H16Cl2N2O5Si. The van der Waals surface area contributed by atoms with Crippen molar-refractivity contribution in [3.05, 3.63) is 36.3 Å². The Bertz CT molecular complexity index is 643. The van der Waals surface area contributed by atoms with Crippen LogP contribution in [0.25, 0.3) is 0 Å². The highest BCUT2D eigenvalue weighted by Gasteiger charge is 2.43. The van der Waals surface area contributed by atoms with Gasteiger partial charge in [-0.05, 0) is 18.1 Å². The summed E-state index contributed by atoms with van der Waals surface area (Å²) in [5.41, 5.74) is -1.24. The Labute approximate surface area is 138 Å². The van der Waals surface area contributed by atoms with Crippen LogP contribution in [0.3, 0.4) is 0 Å². The van der Waals surface area contributed by atoms with Gasteiger partial charge < -0.3 is 4.43 Å². The molecule has 0 saturated carbocycles. The highest BCUT2D eigenvalue weighted by Crippen LogP contribution is 2.49. The number of benzene rings is 1. The summed E-state index contributed by atoms with van der Waals surface area (Å²) < 4.78 is 5.80. The van der Waals surface area contributed by atoms with Crippen LogP contribution in [0.1, 0.15) is 20.8 Å². The molecule has 0 aliphatic rings. The Kier molecular flexibility index (Phi) is 5.10. The molecule has 22 heavy (non-hydrogen) atoms. The zero-order valence-electron chi connectivity index (χ0n) is 12.8. The summed E-state index contributed by atoms with van der Waals surface area (Å²) in [4.78, 5) is 20.9. The minimum Gasteiger partial charge on any atom is -0.534 e. The van der Waals surface area contributed by atoms with Crippen molar-refractivity contribution in [3.63, 3.8) is 0 Å². The molecule has 0 amide bonds. The van der Waals surface area contributed by atoms with E-state index in [2.05, 4.69) is 0 Å². The van der Waals surface area contributed by atoms with Gasteiger partial charge in [-0.3, -0.25) is 20.2 Å². The lowest BCUT2D eigenvalue weighted by molar-refractivity contribution is -0.395. The van der Waals surface area contributed by atoms with E-state index in [0.717, 1.165) is 6.07 Å². The highest BCUT2D eigenvalue weighted by atomic mass is 35.5. The van der Waals surface area contributed by atoms with Crippen LogP contribution in [0.2, 0.25) is 28.2 Å². The minimum atomic E-state index is -2.55. The van der Waals surface area contributed by atoms with E-state index in [1.54, 1.807) is 0 Å². The molecule has 1 aromatic rings. The number of hydrogen-bond donors (Lipinski definition) is 0. The van der Waals surface area contributed by atoms with Crippen LogP contribution < -0.4 is 4.43 Å². The third kappa shape index (κ3) is 3.50. The van der Waals surface area contributed by atoms with Gasteiger partial charge in [0, 0.05) is 6.07 Å². The molecule has 0 saturated heterocycles. The fourth-order valence-electron chi connectivity index (χ4n) is 1.39. The molecule has 0 heterocycles. The SMILES string of the molecule is CC(C)(C)[Si](C)(C)Oc1c([N+](=O)[O-])cc(Cl)c(Cl)c1[N+](=O)[O-]. The number of hydrogen-bond acceptors (Lipinski definition) is 5. The Morgan fingerprint density at radius 3 is 2.00 bits per heavy atom. The zero-order valence-corrected chi connectivity index (χ0v) is 15.3. The molecular weight excluding hydrogens is 351 g/mol. The van der Waals surface area contributed by atoms with Crippen molar-refractivity contribution in [1.82, 2.24) is 0 Å². The summed E-state index contributed by atoms with van der Waals surface area (Å²) in [6, 6.07) is 0.972. The molecule has 0 unspecified atom stereocenters. The molecule has 122 valence electrons. The fraction of sp³-hybridized carbons (Fsp3) is 0.500. The quantitative estimate of drug-likeness (QED) is 0.414. The molecule has 0 spiro atoms. The number of nitro groups is 2. The monoisotopic (exact) mass is 366 g/mol. The Balaban J connectivity index is 3.67. The van der Waals surface area contributed by atoms with Crippen molar-refractivity contribution >= 4 is 42.9 Å². The first-order valence-corrected chi connectivity index (χ1v) is 9.96. The summed E-state index contributed by atoms with van der Waals surface area (Å²) in [6.45, 7) is 9.38. The van der Waals surface area contributed by atoms with Crippen LogP contribution in [0.5, 0.6) is 5.75 Å². The van der Waals surface area contributed by atoms with Crippen LogP contribution in [-0.2, 0) is 0 Å². The van der Waals surface area contributed by atoms with Gasteiger partial charge in [0.15, 0.2) is 0 Å². The van der Waals surface area contributed by atoms with Gasteiger partial charge in [0.05, 0.1) is 14.9 Å². The van der Waals surface area contributed by atoms with Gasteiger partial charge in [-0.25, -0.2) is 0 Å². The smallest absolute Gasteiger partial charge is 0.336 e. The van der Waals surface area contributed by atoms with E-state index >= 15 is 0 Å². The molecule has 0 bridgehead atoms. The lowest BCUT2D eigenvalue weighted by atomic mass is 10.2. The van der Waals surface area contributed by atoms with Gasteiger partial charge in [0.2, 0.25) is 0 Å². The van der Waals surface area contributed by atoms with E-state index in [1.165, 1.54) is 0 Å². The molecule has 0 aliphatic heterocycles. The maximum Gasteiger partial charge on any atom is 0.336 e. The number of rotatable bonds is 4. The summed E-state index contributed by atoms with van der Waals surface area (Å²) in [7, 11) is -2.55. The molecule has 0 aliphatic carbocycles. The summed E-state index contributed by atoms with van der Waals surface area (Å²) in [6.07, 6.45) is 0. The van der Waals surface area contributed by atoms with E-state index in [-0.39, 0.29) is 15.1 Å². The maximum atomic E-state index is 11.3. The van der Waals surface area contributed by atoms with Gasteiger partial charge in [0.25, 0.3) is 14.1 Å². The van der Waals surface area contributed by atoms with Crippen molar-refractivity contribution in [2.45, 2.75) is 38.9 Å². The molecule has 0 atom stereocenters. The van der Waals surface area contributed by atoms with Crippen LogP contribution in [0.15, 0.2) is 6.07 Å². The molecule has 0 aromatic heterocycles. The topological polar surface area (TPSA) is 95.5 Å². The van der Waals surface area contributed by atoms with Crippen molar-refractivity contribution in [2.75, 3.05) is 0 Å². The van der Waals surface area contributed by atoms with Crippen LogP contribution in [0.4, 0.5) is 11.4 Å². The lowest BCUT2D eigenvalue weighted by Crippen LogP contribution is -2.44. The maximum absolute atomic E-state index is 11.3. The first-order chi connectivity index (χ1) is 9.79. The van der Waals surface area contributed by atoms with E-state index in [9.17, 15) is 20.2 Å². The number of nitrogens with zero attached hydrogens (tertiary/aromatic N) is 2. The third-order valence-electron chi connectivity index (χ3n) is 3.67. The van der Waals surface area contributed by atoms with Gasteiger partial charge in [-0.1, -0.05) is 44.0 Å². The van der Waals surface area contributed by atoms with Gasteiger partial charge in [-0.2, -0.15) is 0 Å². The average molecular weight is 367 g/mol. The van der Waals surface area contributed by atoms with Gasteiger partial charge >= 0.3 is 11.4 Å². The van der Waals surface area contributed by atoms with E-state index in [4.69, 9.17) is 27.6 Å². The van der Waals surface area contributed by atoms with E-state index in [1.807, 2.05) is 33.9 Å². The normalized spacial score (nSPS) is 12.1. The van der Waals surface area contributed by atoms with Crippen molar-refractivity contribution in [3.8, 4) is 5.75 Å². The summed E-state index contributed by atoms with van der Waals surface area (Å²) >= 11 is 11.6. The Morgan fingerprint density at radius 2 is 1.64 bits per heavy atom. The third-order valence-corrected chi connectivity index (χ3v) is 8.78. The predicted molar refractivity (Wildman–Crippen MR) is 87.6 cm³/mol. The largest absolute Gasteiger partial charge is 0.534 e. The van der Waals surface area contributed by atoms with E-state index < -0.39 is 35.3 Å². The second-order valence-corrected chi connectivity index (χ2v) is 11.8. The summed E-state index contributed by atoms with van der Waals surface area (Å²) in [5.74, 6) is -0.434. The van der Waals surface area contributed by atoms with E-state index in [0.29, 0.717) is 0 Å². The standard InChI is InChI=1S/C12H16Cl2N2O5Si/c1-12(2,3)22(4,5)21-11-8(15(17)18)6-7(13)9(14)10(11)16(19)20/h6H,1-5H3. The predicted octanol–water partition coefficient (Wildman–Crippen LogP) is 5.19. The van der Waals surface area contributed by atoms with Crippen LogP contribution in [-0.4, -0.2) is 18.2 Å². The van der Waals surface area contributed by atoms with Crippen molar-refractivity contribution < 1.29 is 14.3 Å². The van der Waals surface area contributed by atoms with Crippen molar-refractivity contribution in [1.29, 1.82) is 0 Å². The molecule has 10 heteroatoms. The number of nitro benzene ring substituents is 2. The van der Waals surface area contributed by atoms with Crippen LogP contribution >= 0.6 is 23.2 Å². The Morgan fingerprint density at radius 1 is 1.14 bits per heavy atom. The lowest BCUT2D eigenvalue weighted by Gasteiger charge is -2.36. The van der Waals surface area contributed by atoms with Crippen LogP contribution in [0, 0.1) is 20.2 Å². The average Bonchev–Trinajstić information content (AvgIpc) is 2.30. The van der Waals surface area contributed by atoms with Gasteiger partial charge in [-0.15, -0.1) is 0 Å². The zero-order chi connectivity index (χ0) is 17.5. The molecule has 1 rings (SSSR count). The molecule has 0 radical (unpaired) electrons. The molecule has 7 nitrogen and oxygen atoms in total. The number of halogens is 2. The second-order valence-electron chi connectivity index (χ2n) is 6.25. The molecule has 0 N–H and O–H groups in total. The Hall–Kier alpha value is -1.38. The molecule has 0 fully saturated rings. The summed E-state index contributed by atoms with van der Waals surface area (Å²) in [5, 5.41) is 21.6. The first kappa shape index (κ1) is 18.7. The van der Waals surface area contributed by atoms with Gasteiger partial charge in [0.1, 0.15) is 5.02 Å². The first-order valence-electron chi connectivity index (χ1n) is 6.29. The highest BCUT2D eigenvalue weighted by molar-refractivity contribution is 6.74. The minimum absolute atomic E-state index is 0.261. The van der Waals surface area contributed by atoms with Crippen molar-refractivity contribution in [2.24, 2.45) is 0 Å². The fourth-order valence-corrected chi connectivity index (χ4v) is 2.81. The molecule has 1 aromatic carbocycles. The second kappa shape index (κ2) is 6.02.